The summed E-state index contributed by atoms with van der Waals surface area (Å²) in [5.74, 6) is -0.169. The van der Waals surface area contributed by atoms with Gasteiger partial charge in [-0.3, -0.25) is 14.5 Å². The molecule has 4 amide bonds. The van der Waals surface area contributed by atoms with E-state index in [9.17, 15) is 28.4 Å². The van der Waals surface area contributed by atoms with Crippen LogP contribution in [0.2, 0.25) is 0 Å². The minimum atomic E-state index is -1.13. The Balaban J connectivity index is 0.000000618. The fourth-order valence-electron chi connectivity index (χ4n) is 7.65. The molecule has 2 aromatic rings. The summed E-state index contributed by atoms with van der Waals surface area (Å²) >= 11 is 0. The molecule has 4 fully saturated rings. The number of halogens is 1. The molecule has 2 aromatic carbocycles. The van der Waals surface area contributed by atoms with Crippen molar-refractivity contribution in [3.05, 3.63) is 71.9 Å². The molecule has 2 unspecified atom stereocenters. The molecule has 53 heavy (non-hydrogen) atoms. The average Bonchev–Trinajstić information content (AvgIpc) is 3.92. The van der Waals surface area contributed by atoms with Gasteiger partial charge in [0, 0.05) is 18.5 Å². The van der Waals surface area contributed by atoms with E-state index in [1.165, 1.54) is 22.3 Å². The van der Waals surface area contributed by atoms with Gasteiger partial charge in [0.1, 0.15) is 23.5 Å². The molecule has 2 saturated heterocycles. The van der Waals surface area contributed by atoms with Crippen molar-refractivity contribution in [2.24, 2.45) is 17.8 Å². The number of rotatable bonds is 5. The summed E-state index contributed by atoms with van der Waals surface area (Å²) in [6.07, 6.45) is 6.54. The van der Waals surface area contributed by atoms with Crippen molar-refractivity contribution in [2.75, 3.05) is 6.54 Å². The van der Waals surface area contributed by atoms with E-state index in [0.29, 0.717) is 36.0 Å². The smallest absolute Gasteiger partial charge is 0.649 e. The number of hydrogen-bond donors (Lipinski definition) is 2. The zero-order chi connectivity index (χ0) is 37.0. The fraction of sp³-hybridized carbons (Fsp3) is 0.538. The van der Waals surface area contributed by atoms with Crippen molar-refractivity contribution in [1.82, 2.24) is 20.6 Å². The SMILES string of the molecule is CC(C)(C)O[C-]=O.O=C1N[C@]2(C(=O)NOc3ccccc3)C[C@H]2C2CC2CCCCC[CH-]C(=O)N2C[C@H](OC(=O)N3Cc4cccc(F)c4C3)C[C@@H]12.[Mn+2]. The number of benzene rings is 2. The van der Waals surface area contributed by atoms with Gasteiger partial charge >= 0.3 is 23.2 Å². The van der Waals surface area contributed by atoms with Gasteiger partial charge in [0.15, 0.2) is 5.75 Å². The first-order valence-corrected chi connectivity index (χ1v) is 18.1. The standard InChI is InChI=1S/C34H38FN4O6.C5H9O2.Mn/c35-28-13-8-10-22-18-38(20-26(22)28)33(43)44-24-16-29-31(41)36-34(32(42)37-45-23-11-5-3-6-12-23)17-27(34)25-15-21(25)9-4-1-2-7-14-30(40)39(29)19-24;1-5(2,3)7-4-6;/h3,5-6,8,10-14,21,24-25,27,29H,1-2,4,7,9,15-20H2,(H,36,41)(H,37,42);1-3H3;/q2*-1;+2/t21?,24-,25?,27+,29+,34-;;/m1../s1. The van der Waals surface area contributed by atoms with Gasteiger partial charge in [0.25, 0.3) is 5.91 Å². The first kappa shape index (κ1) is 39.9. The molecule has 3 heterocycles. The zero-order valence-corrected chi connectivity index (χ0v) is 31.5. The number of hydroxylamine groups is 1. The minimum Gasteiger partial charge on any atom is -0.649 e. The quantitative estimate of drug-likeness (QED) is 0.248. The summed E-state index contributed by atoms with van der Waals surface area (Å²) in [6, 6.07) is 12.7. The maximum atomic E-state index is 14.3. The normalized spacial score (nSPS) is 27.4. The van der Waals surface area contributed by atoms with Crippen molar-refractivity contribution in [3.8, 4) is 5.75 Å². The first-order chi connectivity index (χ1) is 24.9. The van der Waals surface area contributed by atoms with Gasteiger partial charge in [-0.2, -0.15) is 11.9 Å². The molecule has 1 radical (unpaired) electrons. The second-order valence-electron chi connectivity index (χ2n) is 15.4. The van der Waals surface area contributed by atoms with Crippen molar-refractivity contribution in [3.63, 3.8) is 0 Å². The summed E-state index contributed by atoms with van der Waals surface area (Å²) in [6.45, 7) is 7.11. The molecule has 3 aliphatic heterocycles. The van der Waals surface area contributed by atoms with Crippen molar-refractivity contribution in [2.45, 2.75) is 109 Å². The third-order valence-corrected chi connectivity index (χ3v) is 10.5. The van der Waals surface area contributed by atoms with E-state index in [1.807, 2.05) is 6.07 Å². The van der Waals surface area contributed by atoms with Crippen LogP contribution in [-0.2, 0) is 58.8 Å². The van der Waals surface area contributed by atoms with Crippen LogP contribution >= 0.6 is 0 Å². The number of nitrogens with one attached hydrogen (secondary N) is 2. The van der Waals surface area contributed by atoms with Crippen LogP contribution in [0.5, 0.6) is 5.75 Å². The van der Waals surface area contributed by atoms with Crippen LogP contribution in [0.15, 0.2) is 48.5 Å². The summed E-state index contributed by atoms with van der Waals surface area (Å²) in [5.41, 5.74) is 2.25. The topological polar surface area (TPSA) is 144 Å². The van der Waals surface area contributed by atoms with Gasteiger partial charge in [-0.15, -0.1) is 0 Å². The molecular formula is C39H47FMnN4O8. The summed E-state index contributed by atoms with van der Waals surface area (Å²) in [5, 5.41) is 3.04. The molecular weight excluding hydrogens is 726 g/mol. The minimum absolute atomic E-state index is 0. The Labute approximate surface area is 320 Å². The Morgan fingerprint density at radius 2 is 1.81 bits per heavy atom. The van der Waals surface area contributed by atoms with Gasteiger partial charge in [-0.25, -0.2) is 9.18 Å². The van der Waals surface area contributed by atoms with Gasteiger partial charge in [0.05, 0.1) is 24.6 Å². The number of ether oxygens (including phenoxy) is 2. The van der Waals surface area contributed by atoms with E-state index in [0.717, 1.165) is 37.7 Å². The van der Waals surface area contributed by atoms with E-state index in [2.05, 4.69) is 15.5 Å². The second kappa shape index (κ2) is 16.8. The third kappa shape index (κ3) is 9.64. The molecule has 0 aromatic heterocycles. The molecule has 0 bridgehead atoms. The maximum Gasteiger partial charge on any atom is 2.00 e. The molecule has 7 rings (SSSR count). The molecule has 2 saturated carbocycles. The molecule has 14 heteroatoms. The molecule has 2 aliphatic carbocycles. The van der Waals surface area contributed by atoms with Crippen LogP contribution in [0.3, 0.4) is 0 Å². The van der Waals surface area contributed by atoms with E-state index in [4.69, 9.17) is 9.57 Å². The molecule has 12 nitrogen and oxygen atoms in total. The largest absolute Gasteiger partial charge is 2.00 e. The monoisotopic (exact) mass is 773 g/mol. The Morgan fingerprint density at radius 1 is 1.04 bits per heavy atom. The van der Waals surface area contributed by atoms with E-state index in [-0.39, 0.29) is 66.4 Å². The maximum absolute atomic E-state index is 14.3. The Kier molecular flexibility index (Phi) is 12.7. The van der Waals surface area contributed by atoms with E-state index >= 15 is 0 Å². The van der Waals surface area contributed by atoms with Crippen molar-refractivity contribution < 1.29 is 59.7 Å². The van der Waals surface area contributed by atoms with Crippen LogP contribution in [0.1, 0.15) is 83.3 Å². The van der Waals surface area contributed by atoms with E-state index in [1.54, 1.807) is 63.6 Å². The van der Waals surface area contributed by atoms with Gasteiger partial charge in [0.2, 0.25) is 5.91 Å². The van der Waals surface area contributed by atoms with Crippen molar-refractivity contribution >= 4 is 30.3 Å². The Hall–Kier alpha value is -4.29. The summed E-state index contributed by atoms with van der Waals surface area (Å²) < 4.78 is 24.5. The van der Waals surface area contributed by atoms with Crippen LogP contribution in [-0.4, -0.2) is 69.9 Å². The first-order valence-electron chi connectivity index (χ1n) is 18.1. The van der Waals surface area contributed by atoms with Crippen LogP contribution in [0.4, 0.5) is 9.18 Å². The number of carbonyl (C=O) groups is 4. The van der Waals surface area contributed by atoms with Gasteiger partial charge < -0.3 is 40.5 Å². The molecule has 0 spiro atoms. The molecule has 5 aliphatic rings. The van der Waals surface area contributed by atoms with E-state index < -0.39 is 35.6 Å². The Morgan fingerprint density at radius 3 is 2.51 bits per heavy atom. The molecule has 6 atom stereocenters. The van der Waals surface area contributed by atoms with Crippen molar-refractivity contribution in [1.29, 1.82) is 0 Å². The summed E-state index contributed by atoms with van der Waals surface area (Å²) in [7, 11) is 0. The van der Waals surface area contributed by atoms with Gasteiger partial charge in [-0.05, 0) is 75.1 Å². The second-order valence-corrected chi connectivity index (χ2v) is 15.4. The average molecular weight is 774 g/mol. The molecule has 2 N–H and O–H groups in total. The number of fused-ring (bicyclic) bond motifs is 5. The molecule has 285 valence electrons. The van der Waals surface area contributed by atoms with Crippen LogP contribution in [0.25, 0.3) is 0 Å². The number of amides is 4. The van der Waals surface area contributed by atoms with Crippen LogP contribution < -0.4 is 15.6 Å². The number of para-hydroxylation sites is 1. The zero-order valence-electron chi connectivity index (χ0n) is 30.3. The predicted molar refractivity (Wildman–Crippen MR) is 186 cm³/mol. The number of nitrogens with zero attached hydrogens (tertiary/aromatic N) is 2. The number of hydrogen-bond acceptors (Lipinski definition) is 8. The Bertz CT molecular complexity index is 1660. The van der Waals surface area contributed by atoms with Crippen LogP contribution in [0, 0.1) is 30.0 Å². The predicted octanol–water partition coefficient (Wildman–Crippen LogP) is 4.90. The summed E-state index contributed by atoms with van der Waals surface area (Å²) in [4.78, 5) is 72.0. The third-order valence-electron chi connectivity index (χ3n) is 10.5. The number of carbonyl (C=O) groups excluding carboxylic acids is 5. The van der Waals surface area contributed by atoms with Gasteiger partial charge in [-0.1, -0.05) is 62.5 Å². The fourth-order valence-corrected chi connectivity index (χ4v) is 7.65.